The topological polar surface area (TPSA) is 83.5 Å². The van der Waals surface area contributed by atoms with E-state index in [1.165, 1.54) is 0 Å². The Labute approximate surface area is 106 Å². The van der Waals surface area contributed by atoms with Crippen LogP contribution in [0.25, 0.3) is 0 Å². The zero-order valence-corrected chi connectivity index (χ0v) is 11.4. The summed E-state index contributed by atoms with van der Waals surface area (Å²) >= 11 is 3.69. The number of aliphatic hydroxyl groups excluding tert-OH is 1. The maximum Gasteiger partial charge on any atom is 0.263 e. The summed E-state index contributed by atoms with van der Waals surface area (Å²) < 4.78 is 11.7. The van der Waals surface area contributed by atoms with E-state index in [-0.39, 0.29) is 0 Å². The van der Waals surface area contributed by atoms with Gasteiger partial charge in [0.2, 0.25) is 0 Å². The third kappa shape index (κ3) is 3.83. The zero-order valence-electron chi connectivity index (χ0n) is 9.65. The first-order valence-corrected chi connectivity index (χ1v) is 8.32. The van der Waals surface area contributed by atoms with Crippen LogP contribution in [0.3, 0.4) is 0 Å². The molecule has 17 heavy (non-hydrogen) atoms. The average molecular weight is 275 g/mol. The molecule has 0 saturated heterocycles. The molecule has 0 aliphatic carbocycles. The minimum Gasteiger partial charge on any atom is -0.378 e. The van der Waals surface area contributed by atoms with E-state index < -0.39 is 18.5 Å². The van der Waals surface area contributed by atoms with E-state index in [1.54, 1.807) is 12.1 Å². The van der Waals surface area contributed by atoms with Gasteiger partial charge >= 0.3 is 0 Å². The summed E-state index contributed by atoms with van der Waals surface area (Å²) in [6, 6.07) is 7.20. The highest BCUT2D eigenvalue weighted by Crippen LogP contribution is 2.60. The summed E-state index contributed by atoms with van der Waals surface area (Å²) in [7, 11) is 0. The predicted octanol–water partition coefficient (Wildman–Crippen LogP) is 2.07. The quantitative estimate of drug-likeness (QED) is 0.376. The zero-order chi connectivity index (χ0) is 13.1. The van der Waals surface area contributed by atoms with Crippen LogP contribution in [0, 0.1) is 0 Å². The van der Waals surface area contributed by atoms with Crippen LogP contribution in [-0.2, 0) is 11.0 Å². The van der Waals surface area contributed by atoms with Gasteiger partial charge in [0.15, 0.2) is 0 Å². The molecule has 3 unspecified atom stereocenters. The third-order valence-corrected chi connectivity index (χ3v) is 4.63. The molecule has 1 rings (SSSR count). The fourth-order valence-corrected chi connectivity index (χ4v) is 3.68. The van der Waals surface area contributed by atoms with Crippen molar-refractivity contribution in [3.63, 3.8) is 0 Å². The molecule has 1 aromatic carbocycles. The van der Waals surface area contributed by atoms with Crippen molar-refractivity contribution in [3.8, 4) is 0 Å². The normalized spacial score (nSPS) is 18.4. The van der Waals surface area contributed by atoms with Crippen LogP contribution in [0.5, 0.6) is 0 Å². The molecule has 0 aromatic heterocycles. The van der Waals surface area contributed by atoms with Gasteiger partial charge in [-0.1, -0.05) is 49.9 Å². The molecular formula is C11H18NO3PS. The number of nitrogens with two attached hydrogens (primary N) is 1. The van der Waals surface area contributed by atoms with E-state index in [4.69, 9.17) is 5.73 Å². The maximum absolute atomic E-state index is 11.7. The van der Waals surface area contributed by atoms with Crippen molar-refractivity contribution in [1.29, 1.82) is 0 Å². The monoisotopic (exact) mass is 275 g/mol. The highest BCUT2D eigenvalue weighted by molar-refractivity contribution is 8.46. The molecular weight excluding hydrogens is 257 g/mol. The molecule has 0 heterocycles. The lowest BCUT2D eigenvalue weighted by Crippen LogP contribution is -2.27. The van der Waals surface area contributed by atoms with Crippen molar-refractivity contribution in [1.82, 2.24) is 0 Å². The summed E-state index contributed by atoms with van der Waals surface area (Å²) in [6.45, 7) is -1.77. The van der Waals surface area contributed by atoms with Crippen LogP contribution < -0.4 is 5.73 Å². The van der Waals surface area contributed by atoms with Gasteiger partial charge < -0.3 is 15.7 Å². The lowest BCUT2D eigenvalue weighted by atomic mass is 10.00. The Kier molecular flexibility index (Phi) is 5.22. The van der Waals surface area contributed by atoms with Gasteiger partial charge in [0, 0.05) is 0 Å². The smallest absolute Gasteiger partial charge is 0.263 e. The van der Waals surface area contributed by atoms with Crippen molar-refractivity contribution in [2.45, 2.75) is 31.7 Å². The standard InChI is InChI=1S/C11H18NO3PS/c1-2-5-8-6-3-4-7-9(8)10(11(12)13)16(14,15)17/h3-4,6-7,10-11,13H,2,5,12H2,1H3,(H2,14,15,17). The minimum absolute atomic E-state index is 0.602. The summed E-state index contributed by atoms with van der Waals surface area (Å²) in [6.07, 6.45) is 0.279. The molecule has 4 nitrogen and oxygen atoms in total. The highest BCUT2D eigenvalue weighted by Gasteiger charge is 2.34. The molecule has 0 amide bonds. The van der Waals surface area contributed by atoms with Crippen LogP contribution in [0.15, 0.2) is 24.3 Å². The Morgan fingerprint density at radius 1 is 1.47 bits per heavy atom. The number of aryl methyl sites for hydroxylation is 1. The first kappa shape index (κ1) is 14.7. The number of benzene rings is 1. The van der Waals surface area contributed by atoms with Gasteiger partial charge in [-0.2, -0.15) is 0 Å². The molecule has 3 atom stereocenters. The van der Waals surface area contributed by atoms with E-state index >= 15 is 0 Å². The summed E-state index contributed by atoms with van der Waals surface area (Å²) in [5.74, 6) is 0. The second-order valence-corrected chi connectivity index (χ2v) is 7.43. The van der Waals surface area contributed by atoms with Crippen molar-refractivity contribution in [2.75, 3.05) is 0 Å². The van der Waals surface area contributed by atoms with Crippen LogP contribution in [-0.4, -0.2) is 16.2 Å². The molecule has 0 aliphatic rings. The minimum atomic E-state index is -3.79. The largest absolute Gasteiger partial charge is 0.378 e. The van der Waals surface area contributed by atoms with E-state index in [1.807, 2.05) is 19.1 Å². The number of aliphatic hydroxyl groups is 1. The molecule has 0 bridgehead atoms. The second kappa shape index (κ2) is 6.03. The number of hydrogen-bond acceptors (Lipinski definition) is 3. The van der Waals surface area contributed by atoms with Gasteiger partial charge in [0.25, 0.3) is 6.57 Å². The Morgan fingerprint density at radius 3 is 2.53 bits per heavy atom. The Morgan fingerprint density at radius 2 is 2.06 bits per heavy atom. The fourth-order valence-electron chi connectivity index (χ4n) is 1.88. The van der Waals surface area contributed by atoms with Crippen LogP contribution in [0.1, 0.15) is 30.1 Å². The van der Waals surface area contributed by atoms with Crippen molar-refractivity contribution in [3.05, 3.63) is 35.4 Å². The lowest BCUT2D eigenvalue weighted by Gasteiger charge is -2.24. The lowest BCUT2D eigenvalue weighted by molar-refractivity contribution is 0.172. The Hall–Kier alpha value is -0.320. The summed E-state index contributed by atoms with van der Waals surface area (Å²) in [5, 5.41) is 9.49. The number of hydrogen-bond donors (Lipinski definition) is 4. The van der Waals surface area contributed by atoms with Gasteiger partial charge in [-0.25, -0.2) is 0 Å². The Balaban J connectivity index is 3.23. The third-order valence-electron chi connectivity index (χ3n) is 2.58. The number of rotatable bonds is 5. The van der Waals surface area contributed by atoms with Gasteiger partial charge in [-0.3, -0.25) is 4.57 Å². The van der Waals surface area contributed by atoms with Gasteiger partial charge in [0.1, 0.15) is 11.9 Å². The first-order valence-electron chi connectivity index (χ1n) is 5.44. The summed E-state index contributed by atoms with van der Waals surface area (Å²) in [5.41, 5.74) is 5.87. The van der Waals surface area contributed by atoms with E-state index in [2.05, 4.69) is 12.2 Å². The molecule has 6 heteroatoms. The second-order valence-electron chi connectivity index (χ2n) is 3.97. The van der Waals surface area contributed by atoms with Gasteiger partial charge in [-0.15, -0.1) is 0 Å². The predicted molar refractivity (Wildman–Crippen MR) is 72.2 cm³/mol. The van der Waals surface area contributed by atoms with Crippen LogP contribution in [0.2, 0.25) is 0 Å². The fraction of sp³-hybridized carbons (Fsp3) is 0.455. The molecule has 0 radical (unpaired) electrons. The molecule has 0 saturated carbocycles. The van der Waals surface area contributed by atoms with Crippen LogP contribution >= 0.6 is 18.8 Å². The average Bonchev–Trinajstić information content (AvgIpc) is 2.18. The molecule has 0 spiro atoms. The van der Waals surface area contributed by atoms with Gasteiger partial charge in [0.05, 0.1) is 0 Å². The Bertz CT molecular complexity index is 419. The molecule has 4 N–H and O–H groups in total. The van der Waals surface area contributed by atoms with Gasteiger partial charge in [-0.05, 0) is 17.5 Å². The summed E-state index contributed by atoms with van der Waals surface area (Å²) in [4.78, 5) is 9.57. The highest BCUT2D eigenvalue weighted by atomic mass is 32.7. The molecule has 96 valence electrons. The molecule has 1 aromatic rings. The molecule has 0 aliphatic heterocycles. The molecule has 0 fully saturated rings. The van der Waals surface area contributed by atoms with E-state index in [0.717, 1.165) is 18.4 Å². The van der Waals surface area contributed by atoms with Crippen LogP contribution in [0.4, 0.5) is 0 Å². The van der Waals surface area contributed by atoms with E-state index in [9.17, 15) is 14.6 Å². The SMILES string of the molecule is CCCc1ccccc1C(C(N)O)P(=O)(O)S. The number of thiol groups is 1. The van der Waals surface area contributed by atoms with Crippen molar-refractivity contribution >= 4 is 18.8 Å². The van der Waals surface area contributed by atoms with E-state index in [0.29, 0.717) is 5.56 Å². The first-order chi connectivity index (χ1) is 7.88. The van der Waals surface area contributed by atoms with Crippen molar-refractivity contribution in [2.24, 2.45) is 5.73 Å². The maximum atomic E-state index is 11.7. The van der Waals surface area contributed by atoms with Crippen molar-refractivity contribution < 1.29 is 14.6 Å².